The topological polar surface area (TPSA) is 35.8 Å². The van der Waals surface area contributed by atoms with Gasteiger partial charge in [-0.1, -0.05) is 25.1 Å². The molecule has 21 heavy (non-hydrogen) atoms. The van der Waals surface area contributed by atoms with Crippen LogP contribution in [0.3, 0.4) is 0 Å². The van der Waals surface area contributed by atoms with Gasteiger partial charge in [0.15, 0.2) is 0 Å². The van der Waals surface area contributed by atoms with Gasteiger partial charge in [0.05, 0.1) is 11.3 Å². The Morgan fingerprint density at radius 2 is 1.95 bits per heavy atom. The lowest BCUT2D eigenvalue weighted by molar-refractivity contribution is 0.626. The maximum absolute atomic E-state index is 13.0. The first-order valence-corrected chi connectivity index (χ1v) is 7.82. The van der Waals surface area contributed by atoms with E-state index >= 15 is 0 Å². The molecule has 1 unspecified atom stereocenters. The molecule has 0 aromatic heterocycles. The second kappa shape index (κ2) is 7.14. The second-order valence-electron chi connectivity index (χ2n) is 4.64. The molecule has 0 amide bonds. The van der Waals surface area contributed by atoms with Crippen LogP contribution < -0.4 is 5.32 Å². The number of nitrogens with one attached hydrogen (secondary N) is 1. The van der Waals surface area contributed by atoms with Crippen molar-refractivity contribution in [2.75, 3.05) is 11.1 Å². The van der Waals surface area contributed by atoms with Crippen LogP contribution in [0.5, 0.6) is 0 Å². The number of anilines is 1. The van der Waals surface area contributed by atoms with Crippen molar-refractivity contribution in [3.8, 4) is 6.07 Å². The number of hydrogen-bond donors (Lipinski definition) is 1. The Hall–Kier alpha value is -1.99. The summed E-state index contributed by atoms with van der Waals surface area (Å²) in [6.45, 7) is 4.06. The predicted octanol–water partition coefficient (Wildman–Crippen LogP) is 4.98. The molecular weight excluding hydrogens is 283 g/mol. The number of thioether (sulfide) groups is 1. The number of nitrogens with zero attached hydrogens (tertiary/aromatic N) is 1. The molecular formula is C17H17FN2S. The molecule has 1 atom stereocenters. The second-order valence-corrected chi connectivity index (χ2v) is 5.95. The summed E-state index contributed by atoms with van der Waals surface area (Å²) < 4.78 is 13.0. The van der Waals surface area contributed by atoms with E-state index in [2.05, 4.69) is 18.3 Å². The van der Waals surface area contributed by atoms with Crippen molar-refractivity contribution >= 4 is 17.4 Å². The Labute approximate surface area is 129 Å². The molecule has 0 bridgehead atoms. The van der Waals surface area contributed by atoms with Crippen LogP contribution in [0.25, 0.3) is 0 Å². The zero-order chi connectivity index (χ0) is 15.2. The van der Waals surface area contributed by atoms with Gasteiger partial charge in [0.2, 0.25) is 0 Å². The lowest BCUT2D eigenvalue weighted by Crippen LogP contribution is -2.08. The predicted molar refractivity (Wildman–Crippen MR) is 86.0 cm³/mol. The standard InChI is InChI=1S/C17H17FN2S/c1-3-21-17-6-4-5-16(15(17)11-19)20-12(2)13-7-9-14(18)10-8-13/h4-10,12,20H,3H2,1-2H3. The monoisotopic (exact) mass is 300 g/mol. The molecule has 2 aromatic carbocycles. The van der Waals surface area contributed by atoms with Crippen molar-refractivity contribution in [2.45, 2.75) is 24.8 Å². The molecule has 0 saturated heterocycles. The minimum absolute atomic E-state index is 0.000392. The highest BCUT2D eigenvalue weighted by atomic mass is 32.2. The molecule has 0 aliphatic rings. The smallest absolute Gasteiger partial charge is 0.123 e. The van der Waals surface area contributed by atoms with E-state index < -0.39 is 0 Å². The Morgan fingerprint density at radius 1 is 1.24 bits per heavy atom. The number of nitriles is 1. The Morgan fingerprint density at radius 3 is 2.57 bits per heavy atom. The largest absolute Gasteiger partial charge is 0.377 e. The third-order valence-corrected chi connectivity index (χ3v) is 4.12. The van der Waals surface area contributed by atoms with Crippen LogP contribution in [-0.4, -0.2) is 5.75 Å². The van der Waals surface area contributed by atoms with E-state index in [4.69, 9.17) is 0 Å². The van der Waals surface area contributed by atoms with E-state index in [-0.39, 0.29) is 11.9 Å². The zero-order valence-electron chi connectivity index (χ0n) is 12.1. The SMILES string of the molecule is CCSc1cccc(NC(C)c2ccc(F)cc2)c1C#N. The van der Waals surface area contributed by atoms with Crippen LogP contribution >= 0.6 is 11.8 Å². The van der Waals surface area contributed by atoms with Crippen molar-refractivity contribution in [1.29, 1.82) is 5.26 Å². The van der Waals surface area contributed by atoms with Gasteiger partial charge in [0.25, 0.3) is 0 Å². The molecule has 4 heteroatoms. The maximum Gasteiger partial charge on any atom is 0.123 e. The fourth-order valence-corrected chi connectivity index (χ4v) is 2.90. The minimum Gasteiger partial charge on any atom is -0.377 e. The third-order valence-electron chi connectivity index (χ3n) is 3.18. The normalized spacial score (nSPS) is 11.7. The van der Waals surface area contributed by atoms with Gasteiger partial charge in [-0.15, -0.1) is 11.8 Å². The Balaban J connectivity index is 2.25. The molecule has 2 aromatic rings. The molecule has 0 heterocycles. The van der Waals surface area contributed by atoms with Gasteiger partial charge in [-0.25, -0.2) is 4.39 Å². The zero-order valence-corrected chi connectivity index (χ0v) is 12.9. The highest BCUT2D eigenvalue weighted by Crippen LogP contribution is 2.30. The van der Waals surface area contributed by atoms with Gasteiger partial charge in [0.1, 0.15) is 11.9 Å². The summed E-state index contributed by atoms with van der Waals surface area (Å²) >= 11 is 1.65. The molecule has 2 nitrogen and oxygen atoms in total. The van der Waals surface area contributed by atoms with Gasteiger partial charge >= 0.3 is 0 Å². The number of halogens is 1. The molecule has 2 rings (SSSR count). The summed E-state index contributed by atoms with van der Waals surface area (Å²) in [7, 11) is 0. The van der Waals surface area contributed by atoms with Crippen molar-refractivity contribution in [1.82, 2.24) is 0 Å². The van der Waals surface area contributed by atoms with Crippen LogP contribution in [0, 0.1) is 17.1 Å². The van der Waals surface area contributed by atoms with Crippen molar-refractivity contribution < 1.29 is 4.39 Å². The van der Waals surface area contributed by atoms with Crippen molar-refractivity contribution in [3.05, 3.63) is 59.4 Å². The summed E-state index contributed by atoms with van der Waals surface area (Å²) in [5.74, 6) is 0.677. The van der Waals surface area contributed by atoms with Crippen molar-refractivity contribution in [3.63, 3.8) is 0 Å². The van der Waals surface area contributed by atoms with E-state index in [1.165, 1.54) is 12.1 Å². The fraction of sp³-hybridized carbons (Fsp3) is 0.235. The van der Waals surface area contributed by atoms with Crippen LogP contribution in [-0.2, 0) is 0 Å². The Kier molecular flexibility index (Phi) is 5.24. The number of hydrogen-bond acceptors (Lipinski definition) is 3. The minimum atomic E-state index is -0.245. The average molecular weight is 300 g/mol. The summed E-state index contributed by atoms with van der Waals surface area (Å²) in [5, 5.41) is 12.7. The molecule has 0 spiro atoms. The lowest BCUT2D eigenvalue weighted by Gasteiger charge is -2.18. The molecule has 108 valence electrons. The highest BCUT2D eigenvalue weighted by Gasteiger charge is 2.11. The van der Waals surface area contributed by atoms with Crippen LogP contribution in [0.15, 0.2) is 47.4 Å². The molecule has 0 saturated carbocycles. The van der Waals surface area contributed by atoms with Crippen molar-refractivity contribution in [2.24, 2.45) is 0 Å². The third kappa shape index (κ3) is 3.77. The van der Waals surface area contributed by atoms with E-state index in [1.807, 2.05) is 25.1 Å². The quantitative estimate of drug-likeness (QED) is 0.791. The molecule has 0 aliphatic carbocycles. The summed E-state index contributed by atoms with van der Waals surface area (Å²) in [6, 6.07) is 14.5. The molecule has 0 fully saturated rings. The van der Waals surface area contributed by atoms with Gasteiger partial charge in [-0.3, -0.25) is 0 Å². The van der Waals surface area contributed by atoms with Gasteiger partial charge < -0.3 is 5.32 Å². The van der Waals surface area contributed by atoms with E-state index in [0.717, 1.165) is 21.9 Å². The maximum atomic E-state index is 13.0. The summed E-state index contributed by atoms with van der Waals surface area (Å²) in [5.41, 5.74) is 2.46. The summed E-state index contributed by atoms with van der Waals surface area (Å²) in [4.78, 5) is 0.983. The van der Waals surface area contributed by atoms with Gasteiger partial charge in [-0.05, 0) is 42.5 Å². The molecule has 1 N–H and O–H groups in total. The van der Waals surface area contributed by atoms with E-state index in [1.54, 1.807) is 23.9 Å². The lowest BCUT2D eigenvalue weighted by atomic mass is 10.1. The van der Waals surface area contributed by atoms with Gasteiger partial charge in [-0.2, -0.15) is 5.26 Å². The first-order valence-electron chi connectivity index (χ1n) is 6.83. The van der Waals surface area contributed by atoms with Crippen LogP contribution in [0.4, 0.5) is 10.1 Å². The number of rotatable bonds is 5. The van der Waals surface area contributed by atoms with Crippen LogP contribution in [0.2, 0.25) is 0 Å². The molecule has 0 aliphatic heterocycles. The number of benzene rings is 2. The highest BCUT2D eigenvalue weighted by molar-refractivity contribution is 7.99. The summed E-state index contributed by atoms with van der Waals surface area (Å²) in [6.07, 6.45) is 0. The molecule has 0 radical (unpaired) electrons. The first kappa shape index (κ1) is 15.4. The Bertz CT molecular complexity index is 647. The average Bonchev–Trinajstić information content (AvgIpc) is 2.48. The van der Waals surface area contributed by atoms with Crippen LogP contribution in [0.1, 0.15) is 31.0 Å². The van der Waals surface area contributed by atoms with E-state index in [9.17, 15) is 9.65 Å². The fourth-order valence-electron chi connectivity index (χ4n) is 2.11. The first-order chi connectivity index (χ1) is 10.2. The van der Waals surface area contributed by atoms with Gasteiger partial charge in [0, 0.05) is 10.9 Å². The van der Waals surface area contributed by atoms with E-state index in [0.29, 0.717) is 5.56 Å².